The van der Waals surface area contributed by atoms with Crippen LogP contribution < -0.4 is 5.43 Å². The first-order valence-corrected chi connectivity index (χ1v) is 7.02. The largest absolute Gasteiger partial charge is 0.314 e. The fourth-order valence-corrected chi connectivity index (χ4v) is 2.59. The average Bonchev–Trinajstić information content (AvgIpc) is 2.48. The number of hydrogen-bond donors (Lipinski definition) is 0. The zero-order valence-electron chi connectivity index (χ0n) is 11.0. The molecule has 3 aromatic rings. The molecule has 7 heteroatoms. The zero-order chi connectivity index (χ0) is 15.9. The van der Waals surface area contributed by atoms with E-state index in [-0.39, 0.29) is 16.8 Å². The van der Waals surface area contributed by atoms with Gasteiger partial charge in [-0.15, -0.1) is 0 Å². The highest BCUT2D eigenvalue weighted by Gasteiger charge is 2.13. The molecule has 0 unspecified atom stereocenters. The highest BCUT2D eigenvalue weighted by Crippen LogP contribution is 2.24. The molecule has 2 aromatic carbocycles. The monoisotopic (exact) mass is 362 g/mol. The van der Waals surface area contributed by atoms with Gasteiger partial charge in [0.15, 0.2) is 11.2 Å². The highest BCUT2D eigenvalue weighted by molar-refractivity contribution is 9.10. The number of fused-ring (bicyclic) bond motifs is 1. The summed E-state index contributed by atoms with van der Waals surface area (Å²) in [5.41, 5.74) is 0.136. The summed E-state index contributed by atoms with van der Waals surface area (Å²) < 4.78 is 16.4. The number of benzene rings is 2. The minimum atomic E-state index is -0.737. The Labute approximate surface area is 131 Å². The lowest BCUT2D eigenvalue weighted by Gasteiger charge is -2.11. The average molecular weight is 363 g/mol. The fourth-order valence-electron chi connectivity index (χ4n) is 2.24. The van der Waals surface area contributed by atoms with E-state index >= 15 is 0 Å². The molecule has 0 spiro atoms. The Bertz CT molecular complexity index is 969. The van der Waals surface area contributed by atoms with Crippen molar-refractivity contribution in [3.05, 3.63) is 79.3 Å². The Hall–Kier alpha value is -2.54. The second-order valence-electron chi connectivity index (χ2n) is 4.60. The molecule has 0 saturated carbocycles. The van der Waals surface area contributed by atoms with Gasteiger partial charge in [0, 0.05) is 28.2 Å². The second kappa shape index (κ2) is 5.34. The normalized spacial score (nSPS) is 10.8. The van der Waals surface area contributed by atoms with E-state index in [0.717, 1.165) is 10.5 Å². The van der Waals surface area contributed by atoms with Crippen molar-refractivity contribution in [3.63, 3.8) is 0 Å². The van der Waals surface area contributed by atoms with Gasteiger partial charge in [0.25, 0.3) is 5.69 Å². The van der Waals surface area contributed by atoms with Crippen molar-refractivity contribution >= 4 is 32.5 Å². The molecular weight excluding hydrogens is 355 g/mol. The summed E-state index contributed by atoms with van der Waals surface area (Å²) in [5, 5.41) is 11.1. The smallest absolute Gasteiger partial charge is 0.272 e. The Morgan fingerprint density at radius 1 is 1.14 bits per heavy atom. The van der Waals surface area contributed by atoms with E-state index in [1.807, 2.05) is 0 Å². The van der Waals surface area contributed by atoms with E-state index in [2.05, 4.69) is 15.9 Å². The van der Waals surface area contributed by atoms with Crippen LogP contribution in [0.3, 0.4) is 0 Å². The van der Waals surface area contributed by atoms with Crippen molar-refractivity contribution in [3.8, 4) is 5.69 Å². The standard InChI is InChI=1S/C15H8BrFN2O3/c16-9-1-3-11-14(7-9)18(6-5-15(11)20)13-4-2-10(19(21)22)8-12(13)17/h1-8H. The molecule has 0 aliphatic carbocycles. The zero-order valence-corrected chi connectivity index (χ0v) is 12.6. The molecule has 0 aliphatic rings. The predicted molar refractivity (Wildman–Crippen MR) is 83.9 cm³/mol. The first-order valence-electron chi connectivity index (χ1n) is 6.22. The maximum Gasteiger partial charge on any atom is 0.272 e. The molecule has 1 aromatic heterocycles. The topological polar surface area (TPSA) is 65.1 Å². The van der Waals surface area contributed by atoms with E-state index in [4.69, 9.17) is 0 Å². The van der Waals surface area contributed by atoms with Gasteiger partial charge in [-0.25, -0.2) is 4.39 Å². The third kappa shape index (κ3) is 2.39. The van der Waals surface area contributed by atoms with Crippen molar-refractivity contribution in [1.82, 2.24) is 4.57 Å². The first kappa shape index (κ1) is 14.4. The van der Waals surface area contributed by atoms with Crippen LogP contribution in [0.4, 0.5) is 10.1 Å². The number of nitro benzene ring substituents is 1. The molecule has 0 aliphatic heterocycles. The first-order chi connectivity index (χ1) is 10.5. The van der Waals surface area contributed by atoms with Gasteiger partial charge in [-0.2, -0.15) is 0 Å². The van der Waals surface area contributed by atoms with Gasteiger partial charge in [0.2, 0.25) is 0 Å². The summed E-state index contributed by atoms with van der Waals surface area (Å²) in [4.78, 5) is 21.9. The quantitative estimate of drug-likeness (QED) is 0.514. The van der Waals surface area contributed by atoms with Crippen molar-refractivity contribution in [2.24, 2.45) is 0 Å². The molecule has 0 bridgehead atoms. The summed E-state index contributed by atoms with van der Waals surface area (Å²) in [6.07, 6.45) is 1.45. The Morgan fingerprint density at radius 3 is 2.59 bits per heavy atom. The van der Waals surface area contributed by atoms with Crippen LogP contribution in [0.15, 0.2) is 57.9 Å². The van der Waals surface area contributed by atoms with E-state index in [1.165, 1.54) is 29.0 Å². The predicted octanol–water partition coefficient (Wildman–Crippen LogP) is 3.80. The van der Waals surface area contributed by atoms with Crippen molar-refractivity contribution in [1.29, 1.82) is 0 Å². The molecule has 0 N–H and O–H groups in total. The SMILES string of the molecule is O=c1ccn(-c2ccc([N+](=O)[O-])cc2F)c2cc(Br)ccc12. The summed E-state index contributed by atoms with van der Waals surface area (Å²) in [6.45, 7) is 0. The molecule has 1 heterocycles. The maximum atomic E-state index is 14.2. The van der Waals surface area contributed by atoms with Crippen LogP contribution in [0, 0.1) is 15.9 Å². The molecule has 0 fully saturated rings. The second-order valence-corrected chi connectivity index (χ2v) is 5.52. The van der Waals surface area contributed by atoms with Gasteiger partial charge in [0.05, 0.1) is 22.2 Å². The van der Waals surface area contributed by atoms with Crippen molar-refractivity contribution in [2.75, 3.05) is 0 Å². The number of aromatic nitrogens is 1. The fraction of sp³-hybridized carbons (Fsp3) is 0. The third-order valence-corrected chi connectivity index (χ3v) is 3.75. The van der Waals surface area contributed by atoms with Gasteiger partial charge in [-0.1, -0.05) is 15.9 Å². The molecule has 3 rings (SSSR count). The van der Waals surface area contributed by atoms with Crippen LogP contribution in [0.2, 0.25) is 0 Å². The van der Waals surface area contributed by atoms with Crippen molar-refractivity contribution < 1.29 is 9.31 Å². The Kier molecular flexibility index (Phi) is 3.50. The van der Waals surface area contributed by atoms with Gasteiger partial charge in [0.1, 0.15) is 0 Å². The molecular formula is C15H8BrFN2O3. The summed E-state index contributed by atoms with van der Waals surface area (Å²) in [7, 11) is 0. The summed E-state index contributed by atoms with van der Waals surface area (Å²) >= 11 is 3.31. The lowest BCUT2D eigenvalue weighted by molar-refractivity contribution is -0.385. The molecule has 110 valence electrons. The van der Waals surface area contributed by atoms with Gasteiger partial charge in [-0.05, 0) is 24.3 Å². The van der Waals surface area contributed by atoms with Crippen LogP contribution in [-0.2, 0) is 0 Å². The number of nitrogens with zero attached hydrogens (tertiary/aromatic N) is 2. The number of nitro groups is 1. The van der Waals surface area contributed by atoms with Crippen LogP contribution in [0.25, 0.3) is 16.6 Å². The minimum absolute atomic E-state index is 0.133. The molecule has 0 amide bonds. The minimum Gasteiger partial charge on any atom is -0.314 e. The maximum absolute atomic E-state index is 14.2. The molecule has 0 atom stereocenters. The van der Waals surface area contributed by atoms with E-state index in [1.54, 1.807) is 18.2 Å². The van der Waals surface area contributed by atoms with E-state index < -0.39 is 10.7 Å². The Balaban J connectivity index is 2.31. The van der Waals surface area contributed by atoms with Crippen LogP contribution in [0.5, 0.6) is 0 Å². The molecule has 0 radical (unpaired) electrons. The summed E-state index contributed by atoms with van der Waals surface area (Å²) in [6, 6.07) is 9.78. The van der Waals surface area contributed by atoms with E-state index in [0.29, 0.717) is 10.9 Å². The molecule has 0 saturated heterocycles. The molecule has 22 heavy (non-hydrogen) atoms. The van der Waals surface area contributed by atoms with Crippen molar-refractivity contribution in [2.45, 2.75) is 0 Å². The van der Waals surface area contributed by atoms with Crippen LogP contribution in [0.1, 0.15) is 0 Å². The van der Waals surface area contributed by atoms with Gasteiger partial charge < -0.3 is 4.57 Å². The number of rotatable bonds is 2. The van der Waals surface area contributed by atoms with Crippen LogP contribution in [-0.4, -0.2) is 9.49 Å². The lowest BCUT2D eigenvalue weighted by Crippen LogP contribution is -2.08. The number of halogens is 2. The number of pyridine rings is 1. The Morgan fingerprint density at radius 2 is 1.91 bits per heavy atom. The van der Waals surface area contributed by atoms with Crippen LogP contribution >= 0.6 is 15.9 Å². The van der Waals surface area contributed by atoms with Gasteiger partial charge >= 0.3 is 0 Å². The number of hydrogen-bond acceptors (Lipinski definition) is 3. The lowest BCUT2D eigenvalue weighted by atomic mass is 10.2. The highest BCUT2D eigenvalue weighted by atomic mass is 79.9. The van der Waals surface area contributed by atoms with Gasteiger partial charge in [-0.3, -0.25) is 14.9 Å². The molecule has 5 nitrogen and oxygen atoms in total. The number of non-ortho nitro benzene ring substituents is 1. The van der Waals surface area contributed by atoms with E-state index in [9.17, 15) is 19.3 Å². The third-order valence-electron chi connectivity index (χ3n) is 3.26. The summed E-state index contributed by atoms with van der Waals surface area (Å²) in [5.74, 6) is -0.737.